The van der Waals surface area contributed by atoms with E-state index in [9.17, 15) is 0 Å². The minimum absolute atomic E-state index is 0.283. The van der Waals surface area contributed by atoms with Crippen LogP contribution < -0.4 is 0 Å². The van der Waals surface area contributed by atoms with Crippen molar-refractivity contribution in [2.45, 2.75) is 19.1 Å². The summed E-state index contributed by atoms with van der Waals surface area (Å²) in [6.07, 6.45) is 1.09. The third kappa shape index (κ3) is 3.21. The van der Waals surface area contributed by atoms with Gasteiger partial charge in [0.2, 0.25) is 4.77 Å². The maximum absolute atomic E-state index is 5.54. The molecule has 0 unspecified atom stereocenters. The molecule has 1 N–H and O–H groups in total. The third-order valence-electron chi connectivity index (χ3n) is 4.93. The molecule has 4 heterocycles. The SMILES string of the molecule is S=c1nc(-c2ccccc2)[nH]n1CN1CCc2sccc2[C@H]1c1cccs1. The van der Waals surface area contributed by atoms with Gasteiger partial charge >= 0.3 is 0 Å². The fourth-order valence-corrected chi connectivity index (χ4v) is 5.63. The van der Waals surface area contributed by atoms with Gasteiger partial charge in [0, 0.05) is 21.9 Å². The number of aromatic amines is 1. The van der Waals surface area contributed by atoms with Crippen LogP contribution in [0.2, 0.25) is 0 Å². The van der Waals surface area contributed by atoms with E-state index in [2.05, 4.69) is 43.9 Å². The Labute approximate surface area is 170 Å². The van der Waals surface area contributed by atoms with E-state index in [4.69, 9.17) is 12.2 Å². The standard InChI is InChI=1S/C20H18N4S3/c25-20-21-19(14-5-2-1-3-6-14)22-24(20)13-23-10-8-16-15(9-12-27-16)18(23)17-7-4-11-26-17/h1-7,9,11-12,18H,8,10,13H2,(H,21,22,25)/t18-/m0/s1. The van der Waals surface area contributed by atoms with Crippen LogP contribution >= 0.6 is 34.9 Å². The molecule has 1 aromatic carbocycles. The number of thiophene rings is 2. The van der Waals surface area contributed by atoms with Crippen LogP contribution in [0.1, 0.15) is 21.4 Å². The number of hydrogen-bond acceptors (Lipinski definition) is 5. The molecule has 4 aromatic rings. The lowest BCUT2D eigenvalue weighted by Gasteiger charge is -2.35. The maximum atomic E-state index is 5.54. The lowest BCUT2D eigenvalue weighted by molar-refractivity contribution is 0.158. The van der Waals surface area contributed by atoms with Crippen LogP contribution in [0, 0.1) is 4.77 Å². The summed E-state index contributed by atoms with van der Waals surface area (Å²) >= 11 is 9.23. The smallest absolute Gasteiger partial charge is 0.217 e. The minimum atomic E-state index is 0.283. The molecule has 3 aromatic heterocycles. The summed E-state index contributed by atoms with van der Waals surface area (Å²) in [6, 6.07) is 17.1. The monoisotopic (exact) mass is 410 g/mol. The third-order valence-corrected chi connectivity index (χ3v) is 7.16. The predicted molar refractivity (Wildman–Crippen MR) is 114 cm³/mol. The number of nitrogens with zero attached hydrogens (tertiary/aromatic N) is 3. The van der Waals surface area contributed by atoms with Gasteiger partial charge in [-0.3, -0.25) is 10.00 Å². The second-order valence-corrected chi connectivity index (χ2v) is 8.91. The fraction of sp³-hybridized carbons (Fsp3) is 0.200. The average Bonchev–Trinajstić information content (AvgIpc) is 3.44. The van der Waals surface area contributed by atoms with Gasteiger partial charge in [-0.1, -0.05) is 36.4 Å². The van der Waals surface area contributed by atoms with Crippen molar-refractivity contribution in [3.63, 3.8) is 0 Å². The Bertz CT molecular complexity index is 1090. The first-order valence-electron chi connectivity index (χ1n) is 8.85. The molecule has 136 valence electrons. The Morgan fingerprint density at radius 2 is 1.96 bits per heavy atom. The molecule has 0 saturated carbocycles. The number of nitrogens with one attached hydrogen (secondary N) is 1. The van der Waals surface area contributed by atoms with E-state index in [0.29, 0.717) is 11.4 Å². The topological polar surface area (TPSA) is 36.9 Å². The van der Waals surface area contributed by atoms with Gasteiger partial charge in [0.15, 0.2) is 5.82 Å². The zero-order valence-corrected chi connectivity index (χ0v) is 17.0. The van der Waals surface area contributed by atoms with Crippen molar-refractivity contribution in [3.05, 3.63) is 79.4 Å². The molecule has 4 nitrogen and oxygen atoms in total. The van der Waals surface area contributed by atoms with Crippen molar-refractivity contribution < 1.29 is 0 Å². The Hall–Kier alpha value is -2.06. The molecule has 1 aliphatic rings. The quantitative estimate of drug-likeness (QED) is 0.462. The van der Waals surface area contributed by atoms with E-state index in [0.717, 1.165) is 24.4 Å². The summed E-state index contributed by atoms with van der Waals surface area (Å²) in [4.78, 5) is 9.94. The number of rotatable bonds is 4. The molecule has 1 aliphatic heterocycles. The molecule has 7 heteroatoms. The average molecular weight is 411 g/mol. The molecule has 0 aliphatic carbocycles. The van der Waals surface area contributed by atoms with Gasteiger partial charge in [-0.05, 0) is 47.1 Å². The van der Waals surface area contributed by atoms with Crippen LogP contribution in [0.5, 0.6) is 0 Å². The van der Waals surface area contributed by atoms with Gasteiger partial charge in [0.05, 0.1) is 12.7 Å². The summed E-state index contributed by atoms with van der Waals surface area (Å²) in [5, 5.41) is 7.76. The molecular formula is C20H18N4S3. The van der Waals surface area contributed by atoms with Gasteiger partial charge < -0.3 is 0 Å². The number of fused-ring (bicyclic) bond motifs is 1. The van der Waals surface area contributed by atoms with Crippen LogP contribution in [0.25, 0.3) is 11.4 Å². The highest BCUT2D eigenvalue weighted by Crippen LogP contribution is 2.39. The highest BCUT2D eigenvalue weighted by molar-refractivity contribution is 7.71. The van der Waals surface area contributed by atoms with Crippen molar-refractivity contribution in [1.82, 2.24) is 19.7 Å². The summed E-state index contributed by atoms with van der Waals surface area (Å²) in [6.45, 7) is 1.72. The second-order valence-electron chi connectivity index (χ2n) is 6.57. The number of H-pyrrole nitrogens is 1. The van der Waals surface area contributed by atoms with Crippen molar-refractivity contribution in [1.29, 1.82) is 0 Å². The lowest BCUT2D eigenvalue weighted by atomic mass is 9.99. The van der Waals surface area contributed by atoms with Gasteiger partial charge in [0.1, 0.15) is 0 Å². The Morgan fingerprint density at radius 3 is 2.78 bits per heavy atom. The lowest BCUT2D eigenvalue weighted by Crippen LogP contribution is -2.36. The largest absolute Gasteiger partial charge is 0.278 e. The van der Waals surface area contributed by atoms with Crippen LogP contribution in [0.3, 0.4) is 0 Å². The van der Waals surface area contributed by atoms with Crippen LogP contribution in [0.15, 0.2) is 59.3 Å². The number of aromatic nitrogens is 3. The maximum Gasteiger partial charge on any atom is 0.217 e. The molecule has 0 fully saturated rings. The van der Waals surface area contributed by atoms with E-state index in [-0.39, 0.29) is 6.04 Å². The van der Waals surface area contributed by atoms with E-state index in [1.54, 1.807) is 0 Å². The Balaban J connectivity index is 1.48. The van der Waals surface area contributed by atoms with E-state index in [1.807, 2.05) is 57.7 Å². The van der Waals surface area contributed by atoms with Crippen LogP contribution in [-0.2, 0) is 13.1 Å². The summed E-state index contributed by atoms with van der Waals surface area (Å²) < 4.78 is 2.57. The summed E-state index contributed by atoms with van der Waals surface area (Å²) in [5.41, 5.74) is 2.49. The van der Waals surface area contributed by atoms with Crippen LogP contribution in [-0.4, -0.2) is 26.2 Å². The minimum Gasteiger partial charge on any atom is -0.278 e. The van der Waals surface area contributed by atoms with E-state index < -0.39 is 0 Å². The van der Waals surface area contributed by atoms with Gasteiger partial charge in [-0.15, -0.1) is 22.7 Å². The highest BCUT2D eigenvalue weighted by Gasteiger charge is 2.30. The molecule has 0 radical (unpaired) electrons. The first-order chi connectivity index (χ1) is 13.3. The van der Waals surface area contributed by atoms with Gasteiger partial charge in [-0.2, -0.15) is 4.98 Å². The molecule has 5 rings (SSSR count). The second kappa shape index (κ2) is 7.16. The number of benzene rings is 1. The summed E-state index contributed by atoms with van der Waals surface area (Å²) in [5.74, 6) is 0.821. The van der Waals surface area contributed by atoms with Crippen molar-refractivity contribution >= 4 is 34.9 Å². The highest BCUT2D eigenvalue weighted by atomic mass is 32.1. The van der Waals surface area contributed by atoms with Crippen molar-refractivity contribution in [2.75, 3.05) is 6.54 Å². The molecule has 0 spiro atoms. The zero-order chi connectivity index (χ0) is 18.2. The summed E-state index contributed by atoms with van der Waals surface area (Å²) in [7, 11) is 0. The molecule has 27 heavy (non-hydrogen) atoms. The van der Waals surface area contributed by atoms with Gasteiger partial charge in [0.25, 0.3) is 0 Å². The number of hydrogen-bond donors (Lipinski definition) is 1. The van der Waals surface area contributed by atoms with E-state index in [1.165, 1.54) is 15.3 Å². The molecule has 0 bridgehead atoms. The fourth-order valence-electron chi connectivity index (χ4n) is 3.66. The molecule has 1 atom stereocenters. The van der Waals surface area contributed by atoms with Crippen molar-refractivity contribution in [2.24, 2.45) is 0 Å². The van der Waals surface area contributed by atoms with Crippen LogP contribution in [0.4, 0.5) is 0 Å². The normalized spacial score (nSPS) is 17.1. The van der Waals surface area contributed by atoms with Gasteiger partial charge in [-0.25, -0.2) is 4.68 Å². The first-order valence-corrected chi connectivity index (χ1v) is 11.0. The predicted octanol–water partition coefficient (Wildman–Crippen LogP) is 5.34. The van der Waals surface area contributed by atoms with E-state index >= 15 is 0 Å². The first kappa shape index (κ1) is 17.1. The molecular weight excluding hydrogens is 392 g/mol. The van der Waals surface area contributed by atoms with Crippen molar-refractivity contribution in [3.8, 4) is 11.4 Å². The Kier molecular flexibility index (Phi) is 4.53. The molecule has 0 saturated heterocycles. The molecule has 0 amide bonds. The zero-order valence-electron chi connectivity index (χ0n) is 14.5. The Morgan fingerprint density at radius 1 is 1.07 bits per heavy atom.